The molecule has 0 bridgehead atoms. The summed E-state index contributed by atoms with van der Waals surface area (Å²) < 4.78 is 5.66. The van der Waals surface area contributed by atoms with Crippen LogP contribution >= 0.6 is 0 Å². The summed E-state index contributed by atoms with van der Waals surface area (Å²) in [6, 6.07) is 8.50. The van der Waals surface area contributed by atoms with Crippen molar-refractivity contribution in [3.8, 4) is 0 Å². The molecule has 0 amide bonds. The van der Waals surface area contributed by atoms with Gasteiger partial charge in [-0.25, -0.2) is 4.99 Å². The van der Waals surface area contributed by atoms with Gasteiger partial charge in [0.1, 0.15) is 12.4 Å². The molecule has 1 fully saturated rings. The molecule has 0 atom stereocenters. The fraction of sp³-hybridized carbons (Fsp3) is 0.529. The van der Waals surface area contributed by atoms with Crippen molar-refractivity contribution in [2.45, 2.75) is 51.0 Å². The zero-order valence-corrected chi connectivity index (χ0v) is 12.2. The van der Waals surface area contributed by atoms with Gasteiger partial charge in [-0.3, -0.25) is 4.79 Å². The first-order valence-corrected chi connectivity index (χ1v) is 7.38. The van der Waals surface area contributed by atoms with Gasteiger partial charge in [-0.15, -0.1) is 0 Å². The zero-order valence-electron chi connectivity index (χ0n) is 12.2. The third-order valence-electron chi connectivity index (χ3n) is 4.14. The fourth-order valence-corrected chi connectivity index (χ4v) is 2.90. The van der Waals surface area contributed by atoms with Gasteiger partial charge in [-0.1, -0.05) is 12.1 Å². The minimum Gasteiger partial charge on any atom is -0.475 e. The largest absolute Gasteiger partial charge is 0.475 e. The maximum Gasteiger partial charge on any atom is 0.216 e. The molecular weight excluding hydrogens is 250 g/mol. The highest BCUT2D eigenvalue weighted by atomic mass is 16.5. The Bertz CT molecular complexity index is 533. The van der Waals surface area contributed by atoms with E-state index in [9.17, 15) is 4.79 Å². The molecule has 3 heteroatoms. The molecule has 1 aliphatic heterocycles. The molecule has 0 unspecified atom stereocenters. The van der Waals surface area contributed by atoms with E-state index in [-0.39, 0.29) is 5.54 Å². The highest BCUT2D eigenvalue weighted by Crippen LogP contribution is 2.31. The number of ketones is 1. The summed E-state index contributed by atoms with van der Waals surface area (Å²) in [6.45, 7) is 4.80. The quantitative estimate of drug-likeness (QED) is 0.826. The molecule has 1 aromatic carbocycles. The van der Waals surface area contributed by atoms with Gasteiger partial charge in [0.2, 0.25) is 5.90 Å². The number of rotatable bonds is 2. The normalized spacial score (nSPS) is 22.5. The van der Waals surface area contributed by atoms with Crippen molar-refractivity contribution < 1.29 is 9.53 Å². The summed E-state index contributed by atoms with van der Waals surface area (Å²) in [5.74, 6) is 1.69. The molecule has 20 heavy (non-hydrogen) atoms. The van der Waals surface area contributed by atoms with Crippen LogP contribution in [0.3, 0.4) is 0 Å². The predicted octanol–water partition coefficient (Wildman–Crippen LogP) is 3.47. The van der Waals surface area contributed by atoms with E-state index in [2.05, 4.69) is 43.1 Å². The number of aliphatic imine (C=N–C) groups is 1. The Hall–Kier alpha value is -1.64. The van der Waals surface area contributed by atoms with Crippen molar-refractivity contribution >= 4 is 11.7 Å². The Morgan fingerprint density at radius 1 is 1.15 bits per heavy atom. The zero-order chi connectivity index (χ0) is 14.2. The van der Waals surface area contributed by atoms with E-state index in [0.717, 1.165) is 37.1 Å². The maximum atomic E-state index is 11.3. The summed E-state index contributed by atoms with van der Waals surface area (Å²) in [5, 5.41) is 0. The molecule has 0 saturated heterocycles. The first-order valence-electron chi connectivity index (χ1n) is 7.38. The molecule has 0 spiro atoms. The Balaban J connectivity index is 1.74. The van der Waals surface area contributed by atoms with Crippen molar-refractivity contribution in [2.24, 2.45) is 4.99 Å². The molecule has 3 nitrogen and oxygen atoms in total. The molecule has 0 N–H and O–H groups in total. The third-order valence-corrected chi connectivity index (χ3v) is 4.14. The Labute approximate surface area is 120 Å². The van der Waals surface area contributed by atoms with Crippen molar-refractivity contribution in [3.63, 3.8) is 0 Å². The van der Waals surface area contributed by atoms with Crippen molar-refractivity contribution in [3.05, 3.63) is 35.4 Å². The van der Waals surface area contributed by atoms with E-state index in [4.69, 9.17) is 4.74 Å². The standard InChI is InChI=1S/C17H21NO2/c1-17(2)11-20-16(18-17)14-5-3-12(4-6-14)13-7-9-15(19)10-8-13/h3-6,13H,7-11H2,1-2H3. The summed E-state index contributed by atoms with van der Waals surface area (Å²) in [5.41, 5.74) is 2.27. The van der Waals surface area contributed by atoms with Crippen LogP contribution in [0.1, 0.15) is 56.6 Å². The van der Waals surface area contributed by atoms with Crippen molar-refractivity contribution in [2.75, 3.05) is 6.61 Å². The SMILES string of the molecule is CC1(C)COC(c2ccc(C3CCC(=O)CC3)cc2)=N1. The van der Waals surface area contributed by atoms with Gasteiger partial charge in [0.25, 0.3) is 0 Å². The monoisotopic (exact) mass is 271 g/mol. The lowest BCUT2D eigenvalue weighted by Crippen LogP contribution is -2.17. The molecular formula is C17H21NO2. The molecule has 0 radical (unpaired) electrons. The van der Waals surface area contributed by atoms with E-state index in [1.807, 2.05) is 0 Å². The number of ether oxygens (including phenoxy) is 1. The molecule has 1 aliphatic carbocycles. The summed E-state index contributed by atoms with van der Waals surface area (Å²) in [6.07, 6.45) is 3.44. The second-order valence-corrected chi connectivity index (χ2v) is 6.45. The van der Waals surface area contributed by atoms with Gasteiger partial charge in [0.05, 0.1) is 5.54 Å². The van der Waals surface area contributed by atoms with Crippen molar-refractivity contribution in [1.82, 2.24) is 0 Å². The van der Waals surface area contributed by atoms with Crippen molar-refractivity contribution in [1.29, 1.82) is 0 Å². The molecule has 1 heterocycles. The minimum absolute atomic E-state index is 0.113. The number of benzene rings is 1. The lowest BCUT2D eigenvalue weighted by Gasteiger charge is -2.21. The smallest absolute Gasteiger partial charge is 0.216 e. The number of hydrogen-bond donors (Lipinski definition) is 0. The molecule has 1 saturated carbocycles. The molecule has 2 aliphatic rings. The van der Waals surface area contributed by atoms with Gasteiger partial charge < -0.3 is 4.74 Å². The van der Waals surface area contributed by atoms with E-state index < -0.39 is 0 Å². The summed E-state index contributed by atoms with van der Waals surface area (Å²) in [7, 11) is 0. The first-order chi connectivity index (χ1) is 9.53. The second kappa shape index (κ2) is 5.04. The average Bonchev–Trinajstić information content (AvgIpc) is 2.80. The highest BCUT2D eigenvalue weighted by Gasteiger charge is 2.27. The predicted molar refractivity (Wildman–Crippen MR) is 79.2 cm³/mol. The molecule has 1 aromatic rings. The van der Waals surface area contributed by atoms with Crippen LogP contribution < -0.4 is 0 Å². The second-order valence-electron chi connectivity index (χ2n) is 6.45. The fourth-order valence-electron chi connectivity index (χ4n) is 2.90. The van der Waals surface area contributed by atoms with Crippen LogP contribution in [-0.4, -0.2) is 23.8 Å². The Kier molecular flexibility index (Phi) is 3.36. The van der Waals surface area contributed by atoms with Gasteiger partial charge in [-0.05, 0) is 50.3 Å². The Morgan fingerprint density at radius 3 is 2.35 bits per heavy atom. The van der Waals surface area contributed by atoms with Crippen LogP contribution in [0, 0.1) is 0 Å². The number of Topliss-reactive ketones (excluding diaryl/α,β-unsaturated/α-hetero) is 1. The van der Waals surface area contributed by atoms with E-state index in [1.165, 1.54) is 5.56 Å². The Morgan fingerprint density at radius 2 is 1.80 bits per heavy atom. The summed E-state index contributed by atoms with van der Waals surface area (Å²) in [4.78, 5) is 15.9. The average molecular weight is 271 g/mol. The lowest BCUT2D eigenvalue weighted by atomic mass is 9.83. The van der Waals surface area contributed by atoms with E-state index in [0.29, 0.717) is 18.3 Å². The highest BCUT2D eigenvalue weighted by molar-refractivity contribution is 5.95. The van der Waals surface area contributed by atoms with Crippen LogP contribution in [-0.2, 0) is 9.53 Å². The number of hydrogen-bond acceptors (Lipinski definition) is 3. The maximum absolute atomic E-state index is 11.3. The summed E-state index contributed by atoms with van der Waals surface area (Å²) >= 11 is 0. The van der Waals surface area contributed by atoms with Crippen LogP contribution in [0.25, 0.3) is 0 Å². The van der Waals surface area contributed by atoms with E-state index >= 15 is 0 Å². The topological polar surface area (TPSA) is 38.7 Å². The number of carbonyl (C=O) groups excluding carboxylic acids is 1. The first kappa shape index (κ1) is 13.3. The van der Waals surface area contributed by atoms with Crippen LogP contribution in [0.2, 0.25) is 0 Å². The minimum atomic E-state index is -0.113. The third kappa shape index (κ3) is 2.77. The number of nitrogens with zero attached hydrogens (tertiary/aromatic N) is 1. The van der Waals surface area contributed by atoms with Gasteiger partial charge in [-0.2, -0.15) is 0 Å². The van der Waals surface area contributed by atoms with Gasteiger partial charge >= 0.3 is 0 Å². The number of carbonyl (C=O) groups is 1. The van der Waals surface area contributed by atoms with Gasteiger partial charge in [0.15, 0.2) is 0 Å². The molecule has 3 rings (SSSR count). The van der Waals surface area contributed by atoms with E-state index in [1.54, 1.807) is 0 Å². The van der Waals surface area contributed by atoms with Crippen LogP contribution in [0.4, 0.5) is 0 Å². The molecule has 0 aromatic heterocycles. The van der Waals surface area contributed by atoms with Crippen LogP contribution in [0.15, 0.2) is 29.3 Å². The van der Waals surface area contributed by atoms with Crippen LogP contribution in [0.5, 0.6) is 0 Å². The van der Waals surface area contributed by atoms with Gasteiger partial charge in [0, 0.05) is 18.4 Å². The lowest BCUT2D eigenvalue weighted by molar-refractivity contribution is -0.120. The molecule has 106 valence electrons.